The first-order valence-electron chi connectivity index (χ1n) is 8.90. The van der Waals surface area contributed by atoms with Gasteiger partial charge in [0.2, 0.25) is 0 Å². The van der Waals surface area contributed by atoms with Gasteiger partial charge in [0.25, 0.3) is 11.8 Å². The SMILES string of the molecule is CCCCCNC(=O)c1ccc(C(=O)N2CCCCCC2)cc1. The number of unbranched alkanes of at least 4 members (excludes halogenated alkanes) is 2. The summed E-state index contributed by atoms with van der Waals surface area (Å²) in [5.74, 6) is 0.0247. The Morgan fingerprint density at radius 3 is 2.17 bits per heavy atom. The van der Waals surface area contributed by atoms with Crippen molar-refractivity contribution in [2.75, 3.05) is 19.6 Å². The summed E-state index contributed by atoms with van der Waals surface area (Å²) in [6.45, 7) is 4.54. The second kappa shape index (κ2) is 9.33. The van der Waals surface area contributed by atoms with Crippen molar-refractivity contribution < 1.29 is 9.59 Å². The molecule has 23 heavy (non-hydrogen) atoms. The third kappa shape index (κ3) is 5.38. The number of carbonyl (C=O) groups excluding carboxylic acids is 2. The van der Waals surface area contributed by atoms with Gasteiger partial charge in [0.05, 0.1) is 0 Å². The van der Waals surface area contributed by atoms with Crippen molar-refractivity contribution >= 4 is 11.8 Å². The summed E-state index contributed by atoms with van der Waals surface area (Å²) in [5.41, 5.74) is 1.29. The maximum atomic E-state index is 12.5. The number of nitrogens with zero attached hydrogens (tertiary/aromatic N) is 1. The molecular formula is C19H28N2O2. The van der Waals surface area contributed by atoms with Crippen LogP contribution in [0.5, 0.6) is 0 Å². The van der Waals surface area contributed by atoms with Gasteiger partial charge < -0.3 is 10.2 Å². The second-order valence-electron chi connectivity index (χ2n) is 6.25. The van der Waals surface area contributed by atoms with Crippen LogP contribution in [0.15, 0.2) is 24.3 Å². The van der Waals surface area contributed by atoms with E-state index in [1.54, 1.807) is 24.3 Å². The summed E-state index contributed by atoms with van der Waals surface area (Å²) in [4.78, 5) is 26.5. The van der Waals surface area contributed by atoms with Crippen LogP contribution in [-0.4, -0.2) is 36.3 Å². The molecule has 1 aromatic carbocycles. The van der Waals surface area contributed by atoms with Crippen molar-refractivity contribution in [1.29, 1.82) is 0 Å². The van der Waals surface area contributed by atoms with Crippen LogP contribution in [0, 0.1) is 0 Å². The van der Waals surface area contributed by atoms with Crippen molar-refractivity contribution in [3.63, 3.8) is 0 Å². The van der Waals surface area contributed by atoms with Crippen LogP contribution in [0.1, 0.15) is 72.6 Å². The molecule has 4 heteroatoms. The van der Waals surface area contributed by atoms with E-state index in [9.17, 15) is 9.59 Å². The average molecular weight is 316 g/mol. The maximum Gasteiger partial charge on any atom is 0.253 e. The molecule has 4 nitrogen and oxygen atoms in total. The molecule has 0 bridgehead atoms. The number of nitrogens with one attached hydrogen (secondary N) is 1. The van der Waals surface area contributed by atoms with Crippen molar-refractivity contribution in [2.24, 2.45) is 0 Å². The highest BCUT2D eigenvalue weighted by Crippen LogP contribution is 2.14. The molecule has 1 heterocycles. The number of hydrogen-bond donors (Lipinski definition) is 1. The number of likely N-dealkylation sites (tertiary alicyclic amines) is 1. The first kappa shape index (κ1) is 17.5. The molecule has 1 aliphatic rings. The zero-order chi connectivity index (χ0) is 16.5. The molecule has 1 aliphatic heterocycles. The summed E-state index contributed by atoms with van der Waals surface area (Å²) in [6.07, 6.45) is 7.87. The molecule has 2 rings (SSSR count). The highest BCUT2D eigenvalue weighted by Gasteiger charge is 2.17. The fourth-order valence-electron chi connectivity index (χ4n) is 2.90. The van der Waals surface area contributed by atoms with Gasteiger partial charge in [0.15, 0.2) is 0 Å². The average Bonchev–Trinajstić information content (AvgIpc) is 2.87. The van der Waals surface area contributed by atoms with Crippen LogP contribution in [0.25, 0.3) is 0 Å². The van der Waals surface area contributed by atoms with Crippen LogP contribution in [0.2, 0.25) is 0 Å². The lowest BCUT2D eigenvalue weighted by Gasteiger charge is -2.20. The number of rotatable bonds is 6. The van der Waals surface area contributed by atoms with E-state index in [4.69, 9.17) is 0 Å². The zero-order valence-electron chi connectivity index (χ0n) is 14.1. The summed E-state index contributed by atoms with van der Waals surface area (Å²) >= 11 is 0. The summed E-state index contributed by atoms with van der Waals surface area (Å²) < 4.78 is 0. The van der Waals surface area contributed by atoms with Crippen LogP contribution >= 0.6 is 0 Å². The lowest BCUT2D eigenvalue weighted by molar-refractivity contribution is 0.0761. The Morgan fingerprint density at radius 2 is 1.57 bits per heavy atom. The minimum Gasteiger partial charge on any atom is -0.352 e. The molecule has 0 aliphatic carbocycles. The normalized spacial score (nSPS) is 15.1. The number of amides is 2. The van der Waals surface area contributed by atoms with Crippen LogP contribution in [0.3, 0.4) is 0 Å². The van der Waals surface area contributed by atoms with Gasteiger partial charge in [-0.15, -0.1) is 0 Å². The first-order valence-corrected chi connectivity index (χ1v) is 8.90. The predicted molar refractivity (Wildman–Crippen MR) is 92.7 cm³/mol. The van der Waals surface area contributed by atoms with Crippen LogP contribution < -0.4 is 5.32 Å². The molecule has 0 atom stereocenters. The smallest absolute Gasteiger partial charge is 0.253 e. The molecule has 126 valence electrons. The van der Waals surface area contributed by atoms with Crippen molar-refractivity contribution in [2.45, 2.75) is 51.9 Å². The Hall–Kier alpha value is -1.84. The number of benzene rings is 1. The number of hydrogen-bond acceptors (Lipinski definition) is 2. The molecule has 1 saturated heterocycles. The lowest BCUT2D eigenvalue weighted by Crippen LogP contribution is -2.31. The fraction of sp³-hybridized carbons (Fsp3) is 0.579. The Bertz CT molecular complexity index is 503. The van der Waals surface area contributed by atoms with E-state index in [0.717, 1.165) is 45.2 Å². The van der Waals surface area contributed by atoms with Gasteiger partial charge >= 0.3 is 0 Å². The highest BCUT2D eigenvalue weighted by atomic mass is 16.2. The molecule has 1 N–H and O–H groups in total. The standard InChI is InChI=1S/C19H28N2O2/c1-2-3-6-13-20-18(22)16-9-11-17(12-10-16)19(23)21-14-7-4-5-8-15-21/h9-12H,2-8,13-15H2,1H3,(H,20,22). The lowest BCUT2D eigenvalue weighted by atomic mass is 10.1. The van der Waals surface area contributed by atoms with E-state index < -0.39 is 0 Å². The summed E-state index contributed by atoms with van der Waals surface area (Å²) in [6, 6.07) is 7.04. The minimum absolute atomic E-state index is 0.0603. The van der Waals surface area contributed by atoms with Crippen LogP contribution in [0.4, 0.5) is 0 Å². The van der Waals surface area contributed by atoms with E-state index in [1.807, 2.05) is 4.90 Å². The second-order valence-corrected chi connectivity index (χ2v) is 6.25. The molecule has 1 aromatic rings. The third-order valence-corrected chi connectivity index (χ3v) is 4.35. The minimum atomic E-state index is -0.0603. The molecule has 0 spiro atoms. The van der Waals surface area contributed by atoms with E-state index in [0.29, 0.717) is 17.7 Å². The summed E-state index contributed by atoms with van der Waals surface area (Å²) in [7, 11) is 0. The summed E-state index contributed by atoms with van der Waals surface area (Å²) in [5, 5.41) is 2.92. The van der Waals surface area contributed by atoms with Gasteiger partial charge in [0, 0.05) is 30.8 Å². The Kier molecular flexibility index (Phi) is 7.11. The van der Waals surface area contributed by atoms with Gasteiger partial charge in [-0.05, 0) is 43.5 Å². The molecule has 0 aromatic heterocycles. The Balaban J connectivity index is 1.90. The Morgan fingerprint density at radius 1 is 0.957 bits per heavy atom. The van der Waals surface area contributed by atoms with E-state index in [2.05, 4.69) is 12.2 Å². The molecule has 0 saturated carbocycles. The monoisotopic (exact) mass is 316 g/mol. The van der Waals surface area contributed by atoms with Gasteiger partial charge in [-0.1, -0.05) is 32.6 Å². The topological polar surface area (TPSA) is 49.4 Å². The van der Waals surface area contributed by atoms with Crippen molar-refractivity contribution in [3.8, 4) is 0 Å². The number of carbonyl (C=O) groups is 2. The van der Waals surface area contributed by atoms with Gasteiger partial charge in [-0.3, -0.25) is 9.59 Å². The molecule has 0 radical (unpaired) electrons. The molecule has 0 unspecified atom stereocenters. The molecule has 2 amide bonds. The zero-order valence-corrected chi connectivity index (χ0v) is 14.1. The first-order chi connectivity index (χ1) is 11.2. The van der Waals surface area contributed by atoms with Crippen molar-refractivity contribution in [3.05, 3.63) is 35.4 Å². The predicted octanol–water partition coefficient (Wildman–Crippen LogP) is 3.62. The van der Waals surface area contributed by atoms with E-state index in [-0.39, 0.29) is 11.8 Å². The quantitative estimate of drug-likeness (QED) is 0.815. The van der Waals surface area contributed by atoms with E-state index in [1.165, 1.54) is 12.8 Å². The maximum absolute atomic E-state index is 12.5. The van der Waals surface area contributed by atoms with Gasteiger partial charge in [-0.2, -0.15) is 0 Å². The van der Waals surface area contributed by atoms with Crippen LogP contribution in [-0.2, 0) is 0 Å². The highest BCUT2D eigenvalue weighted by molar-refractivity contribution is 5.97. The molecule has 1 fully saturated rings. The van der Waals surface area contributed by atoms with Gasteiger partial charge in [0.1, 0.15) is 0 Å². The van der Waals surface area contributed by atoms with Crippen molar-refractivity contribution in [1.82, 2.24) is 10.2 Å². The van der Waals surface area contributed by atoms with E-state index >= 15 is 0 Å². The Labute approximate surface area is 139 Å². The largest absolute Gasteiger partial charge is 0.352 e. The molecular weight excluding hydrogens is 288 g/mol. The van der Waals surface area contributed by atoms with Gasteiger partial charge in [-0.25, -0.2) is 0 Å². The fourth-order valence-corrected chi connectivity index (χ4v) is 2.90. The third-order valence-electron chi connectivity index (χ3n) is 4.35.